The van der Waals surface area contributed by atoms with Crippen molar-refractivity contribution in [2.45, 2.75) is 65.8 Å². The van der Waals surface area contributed by atoms with Crippen LogP contribution in [0.4, 0.5) is 0 Å². The second-order valence-electron chi connectivity index (χ2n) is 6.12. The molecule has 0 bridgehead atoms. The van der Waals surface area contributed by atoms with Gasteiger partial charge in [0.25, 0.3) is 0 Å². The molecular weight excluding hydrogens is 292 g/mol. The van der Waals surface area contributed by atoms with Gasteiger partial charge in [-0.2, -0.15) is 5.10 Å². The van der Waals surface area contributed by atoms with Gasteiger partial charge in [0.1, 0.15) is 5.69 Å². The third-order valence-electron chi connectivity index (χ3n) is 4.34. The fourth-order valence-corrected chi connectivity index (χ4v) is 3.10. The van der Waals surface area contributed by atoms with E-state index in [9.17, 15) is 4.79 Å². The van der Waals surface area contributed by atoms with Crippen molar-refractivity contribution in [2.75, 3.05) is 19.8 Å². The van der Waals surface area contributed by atoms with Crippen LogP contribution in [0.2, 0.25) is 0 Å². The van der Waals surface area contributed by atoms with Crippen molar-refractivity contribution in [3.8, 4) is 0 Å². The first-order valence-electron chi connectivity index (χ1n) is 9.02. The summed E-state index contributed by atoms with van der Waals surface area (Å²) in [6.07, 6.45) is 4.61. The molecule has 1 saturated heterocycles. The van der Waals surface area contributed by atoms with Crippen LogP contribution in [0.3, 0.4) is 0 Å². The highest BCUT2D eigenvalue weighted by Gasteiger charge is 2.33. The average molecular weight is 322 g/mol. The van der Waals surface area contributed by atoms with Crippen molar-refractivity contribution in [3.63, 3.8) is 0 Å². The molecule has 0 aromatic carbocycles. The molecule has 3 rings (SSSR count). The number of nitrogens with zero attached hydrogens (tertiary/aromatic N) is 2. The highest BCUT2D eigenvalue weighted by molar-refractivity contribution is 5.89. The Balaban J connectivity index is 0.000000924. The minimum atomic E-state index is -0.244. The van der Waals surface area contributed by atoms with Crippen molar-refractivity contribution < 1.29 is 14.3 Å². The molecule has 5 nitrogen and oxygen atoms in total. The molecule has 0 N–H and O–H groups in total. The van der Waals surface area contributed by atoms with E-state index in [-0.39, 0.29) is 5.97 Å². The van der Waals surface area contributed by atoms with Crippen LogP contribution in [0, 0.1) is 12.8 Å². The predicted octanol–water partition coefficient (Wildman–Crippen LogP) is 3.70. The highest BCUT2D eigenvalue weighted by Crippen LogP contribution is 2.41. The SMILES string of the molecule is CC.CCOC(=O)c1c(C)c(C2CC2)nn1CC1CCCOC1. The number of carbonyl (C=O) groups excluding carboxylic acids is 1. The van der Waals surface area contributed by atoms with E-state index >= 15 is 0 Å². The van der Waals surface area contributed by atoms with Crippen LogP contribution in [0.5, 0.6) is 0 Å². The van der Waals surface area contributed by atoms with Gasteiger partial charge < -0.3 is 9.47 Å². The van der Waals surface area contributed by atoms with E-state index in [1.807, 2.05) is 32.4 Å². The Morgan fingerprint density at radius 1 is 1.35 bits per heavy atom. The second kappa shape index (κ2) is 8.48. The molecule has 1 unspecified atom stereocenters. The molecule has 1 aromatic heterocycles. The zero-order valence-corrected chi connectivity index (χ0v) is 14.9. The lowest BCUT2D eigenvalue weighted by Crippen LogP contribution is -2.25. The fraction of sp³-hybridized carbons (Fsp3) is 0.778. The smallest absolute Gasteiger partial charge is 0.356 e. The number of rotatable bonds is 5. The average Bonchev–Trinajstić information content (AvgIpc) is 3.35. The summed E-state index contributed by atoms with van der Waals surface area (Å²) in [5.41, 5.74) is 2.74. The Morgan fingerprint density at radius 3 is 2.65 bits per heavy atom. The van der Waals surface area contributed by atoms with Crippen molar-refractivity contribution in [1.29, 1.82) is 0 Å². The third kappa shape index (κ3) is 4.34. The number of hydrogen-bond donors (Lipinski definition) is 0. The van der Waals surface area contributed by atoms with Crippen LogP contribution < -0.4 is 0 Å². The lowest BCUT2D eigenvalue weighted by molar-refractivity contribution is 0.0427. The number of carbonyl (C=O) groups is 1. The van der Waals surface area contributed by atoms with Crippen molar-refractivity contribution >= 4 is 5.97 Å². The molecular formula is C18H30N2O3. The lowest BCUT2D eigenvalue weighted by atomic mass is 10.0. The molecule has 1 aliphatic carbocycles. The van der Waals surface area contributed by atoms with Gasteiger partial charge in [-0.1, -0.05) is 13.8 Å². The molecule has 1 atom stereocenters. The van der Waals surface area contributed by atoms with E-state index < -0.39 is 0 Å². The van der Waals surface area contributed by atoms with Gasteiger partial charge in [-0.15, -0.1) is 0 Å². The maximum atomic E-state index is 12.3. The first-order valence-corrected chi connectivity index (χ1v) is 9.02. The highest BCUT2D eigenvalue weighted by atomic mass is 16.5. The molecule has 0 radical (unpaired) electrons. The molecule has 2 aliphatic rings. The molecule has 2 heterocycles. The van der Waals surface area contributed by atoms with Gasteiger partial charge in [0, 0.05) is 30.6 Å². The summed E-state index contributed by atoms with van der Waals surface area (Å²) in [6.45, 7) is 10.6. The van der Waals surface area contributed by atoms with E-state index in [0.29, 0.717) is 24.1 Å². The number of ether oxygens (including phenoxy) is 2. The molecule has 23 heavy (non-hydrogen) atoms. The Bertz CT molecular complexity index is 515. The number of hydrogen-bond acceptors (Lipinski definition) is 4. The van der Waals surface area contributed by atoms with Crippen molar-refractivity contribution in [1.82, 2.24) is 9.78 Å². The standard InChI is InChI=1S/C16H24N2O3.C2H6/c1-3-21-16(19)15-11(2)14(13-6-7-13)17-18(15)9-12-5-4-8-20-10-12;1-2/h12-13H,3-10H2,1-2H3;1-2H3. The van der Waals surface area contributed by atoms with Gasteiger partial charge in [0.2, 0.25) is 0 Å². The monoisotopic (exact) mass is 322 g/mol. The topological polar surface area (TPSA) is 53.3 Å². The molecule has 1 aliphatic heterocycles. The fourth-order valence-electron chi connectivity index (χ4n) is 3.10. The molecule has 1 aromatic rings. The zero-order chi connectivity index (χ0) is 16.8. The van der Waals surface area contributed by atoms with E-state index in [1.54, 1.807) is 0 Å². The first kappa shape index (κ1) is 18.0. The van der Waals surface area contributed by atoms with E-state index in [1.165, 1.54) is 12.8 Å². The van der Waals surface area contributed by atoms with Crippen molar-refractivity contribution in [2.24, 2.45) is 5.92 Å². The largest absolute Gasteiger partial charge is 0.461 e. The van der Waals surface area contributed by atoms with Gasteiger partial charge in [-0.05, 0) is 39.5 Å². The van der Waals surface area contributed by atoms with Crippen LogP contribution >= 0.6 is 0 Å². The Labute approximate surface area is 139 Å². The van der Waals surface area contributed by atoms with Gasteiger partial charge in [-0.25, -0.2) is 4.79 Å². The van der Waals surface area contributed by atoms with Crippen LogP contribution in [-0.4, -0.2) is 35.6 Å². The molecule has 2 fully saturated rings. The minimum Gasteiger partial charge on any atom is -0.461 e. The molecule has 130 valence electrons. The molecule has 5 heteroatoms. The summed E-state index contributed by atoms with van der Waals surface area (Å²) in [4.78, 5) is 12.3. The normalized spacial score (nSPS) is 20.6. The van der Waals surface area contributed by atoms with Crippen molar-refractivity contribution in [3.05, 3.63) is 17.0 Å². The molecule has 0 amide bonds. The second-order valence-corrected chi connectivity index (χ2v) is 6.12. The maximum Gasteiger partial charge on any atom is 0.356 e. The van der Waals surface area contributed by atoms with Gasteiger partial charge >= 0.3 is 5.97 Å². The number of esters is 1. The number of aromatic nitrogens is 2. The molecule has 0 spiro atoms. The zero-order valence-electron chi connectivity index (χ0n) is 14.9. The summed E-state index contributed by atoms with van der Waals surface area (Å²) in [5.74, 6) is 0.742. The van der Waals surface area contributed by atoms with Crippen LogP contribution in [0.15, 0.2) is 0 Å². The van der Waals surface area contributed by atoms with Gasteiger partial charge in [-0.3, -0.25) is 4.68 Å². The quantitative estimate of drug-likeness (QED) is 0.776. The van der Waals surface area contributed by atoms with Gasteiger partial charge in [0.15, 0.2) is 0 Å². The third-order valence-corrected chi connectivity index (χ3v) is 4.34. The molecule has 1 saturated carbocycles. The summed E-state index contributed by atoms with van der Waals surface area (Å²) < 4.78 is 12.6. The summed E-state index contributed by atoms with van der Waals surface area (Å²) in [5, 5.41) is 4.73. The maximum absolute atomic E-state index is 12.3. The van der Waals surface area contributed by atoms with Gasteiger partial charge in [0.05, 0.1) is 18.9 Å². The van der Waals surface area contributed by atoms with Crippen LogP contribution in [-0.2, 0) is 16.0 Å². The Kier molecular flexibility index (Phi) is 6.63. The van der Waals surface area contributed by atoms with E-state index in [2.05, 4.69) is 0 Å². The first-order chi connectivity index (χ1) is 11.2. The summed E-state index contributed by atoms with van der Waals surface area (Å²) in [6, 6.07) is 0. The lowest BCUT2D eigenvalue weighted by Gasteiger charge is -2.22. The summed E-state index contributed by atoms with van der Waals surface area (Å²) in [7, 11) is 0. The van der Waals surface area contributed by atoms with Crippen LogP contribution in [0.1, 0.15) is 74.1 Å². The summed E-state index contributed by atoms with van der Waals surface area (Å²) >= 11 is 0. The van der Waals surface area contributed by atoms with E-state index in [4.69, 9.17) is 14.6 Å². The Morgan fingerprint density at radius 2 is 2.09 bits per heavy atom. The predicted molar refractivity (Wildman–Crippen MR) is 89.8 cm³/mol. The van der Waals surface area contributed by atoms with Crippen LogP contribution in [0.25, 0.3) is 0 Å². The van der Waals surface area contributed by atoms with E-state index in [0.717, 1.165) is 43.9 Å². The Hall–Kier alpha value is -1.36. The minimum absolute atomic E-state index is 0.244.